The second-order valence-corrected chi connectivity index (χ2v) is 3.47. The molecule has 1 heterocycles. The van der Waals surface area contributed by atoms with E-state index in [4.69, 9.17) is 0 Å². The van der Waals surface area contributed by atoms with E-state index in [1.54, 1.807) is 6.07 Å². The Labute approximate surface area is 80.7 Å². The van der Waals surface area contributed by atoms with Crippen LogP contribution in [0.15, 0.2) is 27.6 Å². The predicted octanol–water partition coefficient (Wildman–Crippen LogP) is 1.82. The van der Waals surface area contributed by atoms with Gasteiger partial charge in [-0.2, -0.15) is 5.10 Å². The van der Waals surface area contributed by atoms with Gasteiger partial charge in [-0.3, -0.25) is 4.79 Å². The highest BCUT2D eigenvalue weighted by atomic mass is 79.9. The lowest BCUT2D eigenvalue weighted by molar-refractivity contribution is 0.637. The summed E-state index contributed by atoms with van der Waals surface area (Å²) in [6.07, 6.45) is 1.41. The maximum Gasteiger partial charge on any atom is 0.275 e. The summed E-state index contributed by atoms with van der Waals surface area (Å²) in [6.45, 7) is 0. The topological polar surface area (TPSA) is 45.8 Å². The highest BCUT2D eigenvalue weighted by Gasteiger charge is 2.05. The highest BCUT2D eigenvalue weighted by Crippen LogP contribution is 2.19. The molecular formula is C8H4BrFN2O. The quantitative estimate of drug-likeness (QED) is 0.767. The first kappa shape index (κ1) is 8.37. The molecule has 0 fully saturated rings. The van der Waals surface area contributed by atoms with Gasteiger partial charge in [0.05, 0.1) is 11.6 Å². The predicted molar refractivity (Wildman–Crippen MR) is 50.0 cm³/mol. The second-order valence-electron chi connectivity index (χ2n) is 2.55. The second kappa shape index (κ2) is 2.92. The van der Waals surface area contributed by atoms with Gasteiger partial charge in [0.2, 0.25) is 0 Å². The minimum Gasteiger partial charge on any atom is -0.267 e. The monoisotopic (exact) mass is 242 g/mol. The van der Waals surface area contributed by atoms with E-state index in [0.717, 1.165) is 0 Å². The van der Waals surface area contributed by atoms with Crippen LogP contribution < -0.4 is 5.56 Å². The van der Waals surface area contributed by atoms with Crippen LogP contribution in [-0.2, 0) is 0 Å². The molecule has 2 aromatic rings. The van der Waals surface area contributed by atoms with Crippen molar-refractivity contribution in [1.29, 1.82) is 0 Å². The lowest BCUT2D eigenvalue weighted by atomic mass is 10.2. The molecule has 0 amide bonds. The van der Waals surface area contributed by atoms with Gasteiger partial charge in [0, 0.05) is 9.86 Å². The summed E-state index contributed by atoms with van der Waals surface area (Å²) < 4.78 is 13.8. The number of hydrogen-bond donors (Lipinski definition) is 1. The van der Waals surface area contributed by atoms with Crippen molar-refractivity contribution in [2.75, 3.05) is 0 Å². The zero-order valence-electron chi connectivity index (χ0n) is 6.34. The molecule has 0 atom stereocenters. The Morgan fingerprint density at radius 2 is 2.23 bits per heavy atom. The molecule has 0 saturated carbocycles. The molecule has 66 valence electrons. The van der Waals surface area contributed by atoms with Crippen molar-refractivity contribution in [2.24, 2.45) is 0 Å². The Hall–Kier alpha value is -1.23. The Kier molecular flexibility index (Phi) is 1.88. The SMILES string of the molecule is O=c1[nH]ncc2cc(Br)cc(F)c12. The summed E-state index contributed by atoms with van der Waals surface area (Å²) in [7, 11) is 0. The number of fused-ring (bicyclic) bond motifs is 1. The van der Waals surface area contributed by atoms with Gasteiger partial charge in [-0.1, -0.05) is 15.9 Å². The molecule has 0 bridgehead atoms. The zero-order chi connectivity index (χ0) is 9.42. The van der Waals surface area contributed by atoms with Crippen LogP contribution in [0.5, 0.6) is 0 Å². The molecule has 3 nitrogen and oxygen atoms in total. The average Bonchev–Trinajstić information content (AvgIpc) is 2.02. The van der Waals surface area contributed by atoms with E-state index in [1.165, 1.54) is 12.3 Å². The van der Waals surface area contributed by atoms with Crippen LogP contribution in [0.3, 0.4) is 0 Å². The number of aromatic nitrogens is 2. The minimum atomic E-state index is -0.548. The van der Waals surface area contributed by atoms with Crippen LogP contribution in [-0.4, -0.2) is 10.2 Å². The largest absolute Gasteiger partial charge is 0.275 e. The first-order valence-electron chi connectivity index (χ1n) is 3.51. The van der Waals surface area contributed by atoms with Crippen molar-refractivity contribution in [3.8, 4) is 0 Å². The molecule has 0 aliphatic heterocycles. The lowest BCUT2D eigenvalue weighted by Gasteiger charge is -1.97. The van der Waals surface area contributed by atoms with Crippen molar-refractivity contribution >= 4 is 26.7 Å². The Morgan fingerprint density at radius 1 is 1.46 bits per heavy atom. The molecule has 0 aliphatic rings. The summed E-state index contributed by atoms with van der Waals surface area (Å²) in [5, 5.41) is 6.27. The van der Waals surface area contributed by atoms with E-state index in [9.17, 15) is 9.18 Å². The van der Waals surface area contributed by atoms with Crippen LogP contribution in [0.25, 0.3) is 10.8 Å². The van der Waals surface area contributed by atoms with Gasteiger partial charge in [0.15, 0.2) is 0 Å². The fourth-order valence-corrected chi connectivity index (χ4v) is 1.60. The normalized spacial score (nSPS) is 10.6. The lowest BCUT2D eigenvalue weighted by Crippen LogP contribution is -2.08. The molecule has 1 N–H and O–H groups in total. The molecule has 0 saturated heterocycles. The molecule has 0 aliphatic carbocycles. The maximum atomic E-state index is 13.2. The Bertz CT molecular complexity index is 523. The fraction of sp³-hybridized carbons (Fsp3) is 0. The van der Waals surface area contributed by atoms with Crippen LogP contribution in [0.2, 0.25) is 0 Å². The molecule has 1 aromatic carbocycles. The van der Waals surface area contributed by atoms with Crippen molar-refractivity contribution in [3.05, 3.63) is 39.0 Å². The van der Waals surface area contributed by atoms with Crippen LogP contribution >= 0.6 is 15.9 Å². The smallest absolute Gasteiger partial charge is 0.267 e. The third-order valence-corrected chi connectivity index (χ3v) is 2.14. The Balaban J connectivity index is 3.03. The molecule has 1 aromatic heterocycles. The summed E-state index contributed by atoms with van der Waals surface area (Å²) in [5.74, 6) is -0.548. The number of H-pyrrole nitrogens is 1. The van der Waals surface area contributed by atoms with E-state index in [2.05, 4.69) is 26.1 Å². The van der Waals surface area contributed by atoms with Crippen molar-refractivity contribution < 1.29 is 4.39 Å². The molecule has 0 unspecified atom stereocenters. The van der Waals surface area contributed by atoms with Gasteiger partial charge in [-0.05, 0) is 12.1 Å². The third-order valence-electron chi connectivity index (χ3n) is 1.68. The van der Waals surface area contributed by atoms with Gasteiger partial charge in [-0.25, -0.2) is 9.49 Å². The van der Waals surface area contributed by atoms with Crippen LogP contribution in [0.4, 0.5) is 4.39 Å². The van der Waals surface area contributed by atoms with Crippen LogP contribution in [0, 0.1) is 5.82 Å². The van der Waals surface area contributed by atoms with E-state index < -0.39 is 11.4 Å². The standard InChI is InChI=1S/C8H4BrFN2O/c9-5-1-4-3-11-12-8(13)7(4)6(10)2-5/h1-3H,(H,12,13). The van der Waals surface area contributed by atoms with E-state index in [0.29, 0.717) is 9.86 Å². The molecule has 5 heteroatoms. The van der Waals surface area contributed by atoms with Gasteiger partial charge in [0.1, 0.15) is 5.82 Å². The highest BCUT2D eigenvalue weighted by molar-refractivity contribution is 9.10. The van der Waals surface area contributed by atoms with E-state index in [-0.39, 0.29) is 5.39 Å². The molecule has 2 rings (SSSR count). The Morgan fingerprint density at radius 3 is 3.00 bits per heavy atom. The minimum absolute atomic E-state index is 0.0400. The molecular weight excluding hydrogens is 239 g/mol. The molecule has 0 spiro atoms. The summed E-state index contributed by atoms with van der Waals surface area (Å²) in [5.41, 5.74) is -0.512. The first-order chi connectivity index (χ1) is 6.18. The summed E-state index contributed by atoms with van der Waals surface area (Å²) in [6, 6.07) is 2.89. The summed E-state index contributed by atoms with van der Waals surface area (Å²) >= 11 is 3.13. The van der Waals surface area contributed by atoms with Crippen LogP contribution in [0.1, 0.15) is 0 Å². The fourth-order valence-electron chi connectivity index (χ4n) is 1.15. The molecule has 13 heavy (non-hydrogen) atoms. The molecule has 0 radical (unpaired) electrons. The number of halogens is 2. The van der Waals surface area contributed by atoms with Crippen molar-refractivity contribution in [3.63, 3.8) is 0 Å². The number of nitrogens with one attached hydrogen (secondary N) is 1. The average molecular weight is 243 g/mol. The number of aromatic amines is 1. The van der Waals surface area contributed by atoms with Gasteiger partial charge in [-0.15, -0.1) is 0 Å². The van der Waals surface area contributed by atoms with E-state index in [1.807, 2.05) is 0 Å². The third kappa shape index (κ3) is 1.35. The maximum absolute atomic E-state index is 13.2. The van der Waals surface area contributed by atoms with E-state index >= 15 is 0 Å². The number of rotatable bonds is 0. The first-order valence-corrected chi connectivity index (χ1v) is 4.30. The van der Waals surface area contributed by atoms with Gasteiger partial charge < -0.3 is 0 Å². The number of hydrogen-bond acceptors (Lipinski definition) is 2. The van der Waals surface area contributed by atoms with Gasteiger partial charge >= 0.3 is 0 Å². The zero-order valence-corrected chi connectivity index (χ0v) is 7.93. The van der Waals surface area contributed by atoms with Crippen molar-refractivity contribution in [2.45, 2.75) is 0 Å². The number of nitrogens with zero attached hydrogens (tertiary/aromatic N) is 1. The number of benzene rings is 1. The van der Waals surface area contributed by atoms with Gasteiger partial charge in [0.25, 0.3) is 5.56 Å². The van der Waals surface area contributed by atoms with Crippen molar-refractivity contribution in [1.82, 2.24) is 10.2 Å². The summed E-state index contributed by atoms with van der Waals surface area (Å²) in [4.78, 5) is 11.1.